The van der Waals surface area contributed by atoms with Crippen LogP contribution in [0.15, 0.2) is 53.7 Å². The number of benzene rings is 2. The predicted octanol–water partition coefficient (Wildman–Crippen LogP) is 3.87. The molecule has 1 aromatic heterocycles. The number of nitro benzene ring substituents is 1. The van der Waals surface area contributed by atoms with Crippen LogP contribution < -0.4 is 5.32 Å². The molecule has 1 heterocycles. The third-order valence-corrected chi connectivity index (χ3v) is 5.63. The second kappa shape index (κ2) is 10.9. The lowest BCUT2D eigenvalue weighted by Gasteiger charge is -2.10. The van der Waals surface area contributed by atoms with Gasteiger partial charge in [0.25, 0.3) is 5.69 Å². The summed E-state index contributed by atoms with van der Waals surface area (Å²) in [5.74, 6) is 0.373. The topological polar surface area (TPSA) is 120 Å². The van der Waals surface area contributed by atoms with E-state index in [1.54, 1.807) is 18.2 Å². The Bertz CT molecular complexity index is 1130. The summed E-state index contributed by atoms with van der Waals surface area (Å²) < 4.78 is 1.84. The van der Waals surface area contributed by atoms with E-state index in [4.69, 9.17) is 11.6 Å². The Hall–Kier alpha value is -3.24. The first-order valence-corrected chi connectivity index (χ1v) is 11.1. The Morgan fingerprint density at radius 3 is 2.62 bits per heavy atom. The van der Waals surface area contributed by atoms with Crippen LogP contribution in [0.5, 0.6) is 0 Å². The number of aromatic nitrogens is 3. The van der Waals surface area contributed by atoms with Gasteiger partial charge in [0, 0.05) is 48.3 Å². The molecule has 0 aliphatic heterocycles. The normalized spacial score (nSPS) is 10.7. The lowest BCUT2D eigenvalue weighted by molar-refractivity contribution is -0.384. The Morgan fingerprint density at radius 2 is 1.94 bits per heavy atom. The third-order valence-electron chi connectivity index (χ3n) is 4.45. The number of halogens is 1. The highest BCUT2D eigenvalue weighted by Crippen LogP contribution is 2.25. The van der Waals surface area contributed by atoms with E-state index in [0.717, 1.165) is 5.69 Å². The van der Waals surface area contributed by atoms with Crippen molar-refractivity contribution < 1.29 is 14.5 Å². The molecule has 0 bridgehead atoms. The number of nitrogens with one attached hydrogen (secondary N) is 1. The maximum Gasteiger partial charge on any atom is 0.270 e. The summed E-state index contributed by atoms with van der Waals surface area (Å²) in [6, 6.07) is 12.8. The minimum absolute atomic E-state index is 0.0405. The zero-order valence-corrected chi connectivity index (χ0v) is 18.7. The molecular weight excluding hydrogens is 454 g/mol. The summed E-state index contributed by atoms with van der Waals surface area (Å²) in [6.45, 7) is 1.97. The van der Waals surface area contributed by atoms with Crippen LogP contribution in [0.2, 0.25) is 5.02 Å². The highest BCUT2D eigenvalue weighted by atomic mass is 35.5. The van der Waals surface area contributed by atoms with Crippen LogP contribution in [0.25, 0.3) is 5.69 Å². The van der Waals surface area contributed by atoms with Gasteiger partial charge in [0.2, 0.25) is 5.91 Å². The van der Waals surface area contributed by atoms with Crippen molar-refractivity contribution in [1.29, 1.82) is 0 Å². The maximum atomic E-state index is 12.6. The molecule has 3 aromatic rings. The number of nitro groups is 1. The van der Waals surface area contributed by atoms with Gasteiger partial charge >= 0.3 is 0 Å². The second-order valence-corrected chi connectivity index (χ2v) is 8.20. The summed E-state index contributed by atoms with van der Waals surface area (Å²) in [7, 11) is 0. The van der Waals surface area contributed by atoms with Gasteiger partial charge in [0.1, 0.15) is 5.82 Å². The molecule has 0 radical (unpaired) electrons. The quantitative estimate of drug-likeness (QED) is 0.156. The second-order valence-electron chi connectivity index (χ2n) is 6.82. The van der Waals surface area contributed by atoms with Crippen LogP contribution in [-0.2, 0) is 11.2 Å². The number of amides is 1. The van der Waals surface area contributed by atoms with Crippen LogP contribution in [0.1, 0.15) is 29.5 Å². The molecule has 0 saturated heterocycles. The van der Waals surface area contributed by atoms with E-state index < -0.39 is 4.92 Å². The number of thioether (sulfide) groups is 1. The first-order chi connectivity index (χ1) is 15.3. The van der Waals surface area contributed by atoms with Crippen molar-refractivity contribution in [2.45, 2.75) is 24.9 Å². The Morgan fingerprint density at radius 1 is 1.19 bits per heavy atom. The van der Waals surface area contributed by atoms with Crippen molar-refractivity contribution in [3.05, 3.63) is 75.1 Å². The Labute approximate surface area is 193 Å². The molecule has 0 fully saturated rings. The van der Waals surface area contributed by atoms with E-state index >= 15 is 0 Å². The van der Waals surface area contributed by atoms with Gasteiger partial charge in [-0.2, -0.15) is 0 Å². The van der Waals surface area contributed by atoms with Gasteiger partial charge in [-0.15, -0.1) is 10.2 Å². The molecule has 0 unspecified atom stereocenters. The molecule has 1 amide bonds. The number of nitrogens with zero attached hydrogens (tertiary/aromatic N) is 4. The number of ketones is 1. The molecule has 0 saturated carbocycles. The van der Waals surface area contributed by atoms with E-state index in [2.05, 4.69) is 15.5 Å². The van der Waals surface area contributed by atoms with E-state index in [1.807, 2.05) is 16.7 Å². The van der Waals surface area contributed by atoms with Crippen LogP contribution >= 0.6 is 23.4 Å². The first-order valence-electron chi connectivity index (χ1n) is 9.70. The number of hydrogen-bond donors (Lipinski definition) is 1. The third kappa shape index (κ3) is 6.14. The van der Waals surface area contributed by atoms with Crippen LogP contribution in [0.4, 0.5) is 5.69 Å². The Kier molecular flexibility index (Phi) is 7.96. The van der Waals surface area contributed by atoms with Crippen LogP contribution in [-0.4, -0.2) is 43.7 Å². The van der Waals surface area contributed by atoms with Crippen LogP contribution in [0, 0.1) is 10.1 Å². The maximum absolute atomic E-state index is 12.6. The van der Waals surface area contributed by atoms with Crippen molar-refractivity contribution >= 4 is 40.7 Å². The monoisotopic (exact) mass is 473 g/mol. The number of carbonyl (C=O) groups excluding carboxylic acids is 2. The summed E-state index contributed by atoms with van der Waals surface area (Å²) >= 11 is 7.21. The highest BCUT2D eigenvalue weighted by molar-refractivity contribution is 7.99. The zero-order chi connectivity index (χ0) is 23.1. The number of rotatable bonds is 10. The summed E-state index contributed by atoms with van der Waals surface area (Å²) in [5.41, 5.74) is 0.922. The largest absolute Gasteiger partial charge is 0.356 e. The Balaban J connectivity index is 1.78. The minimum Gasteiger partial charge on any atom is -0.356 e. The lowest BCUT2D eigenvalue weighted by atomic mass is 10.1. The molecule has 2 aromatic carbocycles. The minimum atomic E-state index is -0.533. The van der Waals surface area contributed by atoms with E-state index in [9.17, 15) is 19.7 Å². The smallest absolute Gasteiger partial charge is 0.270 e. The molecular formula is C21H20ClN5O4S. The number of Topliss-reactive ketones (excluding diaryl/α,β-unsaturated/α-hetero) is 1. The standard InChI is InChI=1S/C21H20ClN5O4S/c1-14(28)23-11-3-6-20-24-25-21(26(20)17-9-7-16(22)8-10-17)32-13-19(29)15-4-2-5-18(12-15)27(30)31/h2,4-5,7-10,12H,3,6,11,13H2,1H3,(H,23,28). The van der Waals surface area contributed by atoms with Crippen LogP contribution in [0.3, 0.4) is 0 Å². The average molecular weight is 474 g/mol. The van der Waals surface area contributed by atoms with Crippen molar-refractivity contribution in [3.63, 3.8) is 0 Å². The fourth-order valence-corrected chi connectivity index (χ4v) is 3.91. The fourth-order valence-electron chi connectivity index (χ4n) is 2.92. The molecule has 32 heavy (non-hydrogen) atoms. The van der Waals surface area contributed by atoms with Gasteiger partial charge in [-0.05, 0) is 30.7 Å². The summed E-state index contributed by atoms with van der Waals surface area (Å²) in [5, 5.41) is 23.3. The van der Waals surface area contributed by atoms with Gasteiger partial charge in [-0.3, -0.25) is 24.3 Å². The average Bonchev–Trinajstić information content (AvgIpc) is 3.18. The number of carbonyl (C=O) groups is 2. The molecule has 0 spiro atoms. The fraction of sp³-hybridized carbons (Fsp3) is 0.238. The lowest BCUT2D eigenvalue weighted by Crippen LogP contribution is -2.21. The van der Waals surface area contributed by atoms with Crippen molar-refractivity contribution in [2.24, 2.45) is 0 Å². The van der Waals surface area contributed by atoms with Gasteiger partial charge < -0.3 is 5.32 Å². The molecule has 11 heteroatoms. The van der Waals surface area contributed by atoms with Gasteiger partial charge in [0.05, 0.1) is 10.7 Å². The molecule has 9 nitrogen and oxygen atoms in total. The van der Waals surface area contributed by atoms with Crippen molar-refractivity contribution in [1.82, 2.24) is 20.1 Å². The summed E-state index contributed by atoms with van der Waals surface area (Å²) in [6.07, 6.45) is 1.23. The molecule has 1 N–H and O–H groups in total. The molecule has 0 aliphatic rings. The molecule has 0 aliphatic carbocycles. The SMILES string of the molecule is CC(=O)NCCCc1nnc(SCC(=O)c2cccc([N+](=O)[O-])c2)n1-c1ccc(Cl)cc1. The number of non-ortho nitro benzene ring substituents is 1. The number of aryl methyl sites for hydroxylation is 1. The number of hydrogen-bond acceptors (Lipinski definition) is 7. The molecule has 166 valence electrons. The summed E-state index contributed by atoms with van der Waals surface area (Å²) in [4.78, 5) is 34.1. The van der Waals surface area contributed by atoms with Crippen molar-refractivity contribution in [3.8, 4) is 5.69 Å². The van der Waals surface area contributed by atoms with Gasteiger partial charge in [-0.25, -0.2) is 0 Å². The van der Waals surface area contributed by atoms with Crippen molar-refractivity contribution in [2.75, 3.05) is 12.3 Å². The zero-order valence-electron chi connectivity index (χ0n) is 17.2. The van der Waals surface area contributed by atoms with Gasteiger partial charge in [-0.1, -0.05) is 35.5 Å². The van der Waals surface area contributed by atoms with Gasteiger partial charge in [0.15, 0.2) is 10.9 Å². The van der Waals surface area contributed by atoms with E-state index in [1.165, 1.54) is 36.9 Å². The molecule has 0 atom stereocenters. The highest BCUT2D eigenvalue weighted by Gasteiger charge is 2.17. The molecule has 3 rings (SSSR count). The first kappa shape index (κ1) is 23.4. The predicted molar refractivity (Wildman–Crippen MR) is 122 cm³/mol. The van der Waals surface area contributed by atoms with E-state index in [-0.39, 0.29) is 28.7 Å². The van der Waals surface area contributed by atoms with E-state index in [0.29, 0.717) is 35.4 Å².